The third-order valence-electron chi connectivity index (χ3n) is 2.23. The summed E-state index contributed by atoms with van der Waals surface area (Å²) in [6.45, 7) is 1.74. The molecule has 1 aromatic heterocycles. The second kappa shape index (κ2) is 5.85. The van der Waals surface area contributed by atoms with Crippen molar-refractivity contribution in [2.45, 2.75) is 12.6 Å². The maximum Gasteiger partial charge on any atom is 0.0945 e. The molecule has 1 aromatic rings. The maximum atomic E-state index is 9.53. The summed E-state index contributed by atoms with van der Waals surface area (Å²) in [7, 11) is 5.51. The number of likely N-dealkylation sites (N-methyl/N-ethyl adjacent to an activating group) is 1. The number of imidazole rings is 1. The number of hydrogen-bond acceptors (Lipinski definition) is 4. The van der Waals surface area contributed by atoms with Crippen molar-refractivity contribution in [3.05, 3.63) is 18.2 Å². The van der Waals surface area contributed by atoms with Crippen molar-refractivity contribution < 1.29 is 9.84 Å². The normalized spacial score (nSPS) is 13.4. The Kier molecular flexibility index (Phi) is 4.74. The molecular formula is C10H19N3O2. The van der Waals surface area contributed by atoms with E-state index >= 15 is 0 Å². The maximum absolute atomic E-state index is 9.53. The summed E-state index contributed by atoms with van der Waals surface area (Å²) in [6.07, 6.45) is 3.17. The van der Waals surface area contributed by atoms with E-state index < -0.39 is 6.10 Å². The van der Waals surface area contributed by atoms with E-state index in [1.54, 1.807) is 13.4 Å². The van der Waals surface area contributed by atoms with E-state index in [4.69, 9.17) is 4.74 Å². The number of aliphatic hydroxyl groups is 1. The molecule has 1 heterocycles. The SMILES string of the molecule is COCC(O)CN(C)Cc1cncn1C. The van der Waals surface area contributed by atoms with Crippen LogP contribution in [0, 0.1) is 0 Å². The number of aliphatic hydroxyl groups excluding tert-OH is 1. The van der Waals surface area contributed by atoms with Crippen molar-refractivity contribution in [3.63, 3.8) is 0 Å². The molecule has 0 saturated carbocycles. The number of methoxy groups -OCH3 is 1. The van der Waals surface area contributed by atoms with E-state index in [1.165, 1.54) is 0 Å². The van der Waals surface area contributed by atoms with E-state index in [1.807, 2.05) is 29.8 Å². The molecule has 0 aliphatic rings. The summed E-state index contributed by atoms with van der Waals surface area (Å²) in [6, 6.07) is 0. The van der Waals surface area contributed by atoms with Crippen LogP contribution in [0.5, 0.6) is 0 Å². The van der Waals surface area contributed by atoms with Crippen LogP contribution in [0.2, 0.25) is 0 Å². The standard InChI is InChI=1S/C10H19N3O2/c1-12(6-10(14)7-15-3)5-9-4-11-8-13(9)2/h4,8,10,14H,5-7H2,1-3H3. The highest BCUT2D eigenvalue weighted by Gasteiger charge is 2.09. The fourth-order valence-electron chi connectivity index (χ4n) is 1.48. The Labute approximate surface area is 90.3 Å². The van der Waals surface area contributed by atoms with Crippen LogP contribution in [0.4, 0.5) is 0 Å². The molecule has 0 spiro atoms. The van der Waals surface area contributed by atoms with Gasteiger partial charge in [-0.2, -0.15) is 0 Å². The summed E-state index contributed by atoms with van der Waals surface area (Å²) in [5.41, 5.74) is 1.13. The topological polar surface area (TPSA) is 50.5 Å². The molecule has 15 heavy (non-hydrogen) atoms. The van der Waals surface area contributed by atoms with Crippen molar-refractivity contribution in [2.75, 3.05) is 27.3 Å². The molecule has 0 saturated heterocycles. The molecule has 0 aromatic carbocycles. The predicted octanol–water partition coefficient (Wildman–Crippen LogP) is -0.141. The lowest BCUT2D eigenvalue weighted by atomic mass is 10.3. The van der Waals surface area contributed by atoms with Gasteiger partial charge in [0.05, 0.1) is 24.7 Å². The summed E-state index contributed by atoms with van der Waals surface area (Å²) < 4.78 is 6.84. The van der Waals surface area contributed by atoms with Gasteiger partial charge in [0.2, 0.25) is 0 Å². The van der Waals surface area contributed by atoms with Gasteiger partial charge in [0.15, 0.2) is 0 Å². The predicted molar refractivity (Wildman–Crippen MR) is 57.4 cm³/mol. The highest BCUT2D eigenvalue weighted by molar-refractivity contribution is 4.96. The number of hydrogen-bond donors (Lipinski definition) is 1. The Hall–Kier alpha value is -0.910. The number of ether oxygens (including phenoxy) is 1. The lowest BCUT2D eigenvalue weighted by Crippen LogP contribution is -2.32. The third kappa shape index (κ3) is 3.99. The second-order valence-electron chi connectivity index (χ2n) is 3.80. The first kappa shape index (κ1) is 12.2. The molecule has 0 bridgehead atoms. The van der Waals surface area contributed by atoms with Gasteiger partial charge in [0, 0.05) is 33.4 Å². The first-order chi connectivity index (χ1) is 7.13. The van der Waals surface area contributed by atoms with Gasteiger partial charge in [-0.05, 0) is 7.05 Å². The summed E-state index contributed by atoms with van der Waals surface area (Å²) in [4.78, 5) is 6.08. The molecule has 0 aliphatic heterocycles. The minimum absolute atomic E-state index is 0.371. The van der Waals surface area contributed by atoms with Crippen LogP contribution < -0.4 is 0 Å². The Morgan fingerprint density at radius 3 is 2.93 bits per heavy atom. The second-order valence-corrected chi connectivity index (χ2v) is 3.80. The van der Waals surface area contributed by atoms with Crippen LogP contribution in [-0.4, -0.2) is 53.0 Å². The van der Waals surface area contributed by atoms with Gasteiger partial charge in [0.1, 0.15) is 0 Å². The highest BCUT2D eigenvalue weighted by Crippen LogP contribution is 2.01. The Bertz CT molecular complexity index is 288. The van der Waals surface area contributed by atoms with Crippen molar-refractivity contribution >= 4 is 0 Å². The van der Waals surface area contributed by atoms with E-state index in [-0.39, 0.29) is 0 Å². The average Bonchev–Trinajstić information content (AvgIpc) is 2.52. The first-order valence-electron chi connectivity index (χ1n) is 4.94. The lowest BCUT2D eigenvalue weighted by Gasteiger charge is -2.19. The van der Waals surface area contributed by atoms with Gasteiger partial charge in [-0.15, -0.1) is 0 Å². The van der Waals surface area contributed by atoms with Gasteiger partial charge in [0.25, 0.3) is 0 Å². The zero-order valence-electron chi connectivity index (χ0n) is 9.55. The van der Waals surface area contributed by atoms with Crippen molar-refractivity contribution in [1.82, 2.24) is 14.5 Å². The Morgan fingerprint density at radius 1 is 1.67 bits per heavy atom. The molecule has 0 aliphatic carbocycles. The molecule has 0 fully saturated rings. The molecule has 0 radical (unpaired) electrons. The Balaban J connectivity index is 2.36. The van der Waals surface area contributed by atoms with Crippen LogP contribution >= 0.6 is 0 Å². The molecule has 86 valence electrons. The highest BCUT2D eigenvalue weighted by atomic mass is 16.5. The van der Waals surface area contributed by atoms with Crippen LogP contribution in [0.25, 0.3) is 0 Å². The molecule has 1 unspecified atom stereocenters. The van der Waals surface area contributed by atoms with E-state index in [0.29, 0.717) is 13.2 Å². The van der Waals surface area contributed by atoms with Gasteiger partial charge in [-0.1, -0.05) is 0 Å². The minimum Gasteiger partial charge on any atom is -0.389 e. The first-order valence-corrected chi connectivity index (χ1v) is 4.94. The summed E-state index contributed by atoms with van der Waals surface area (Å²) in [5.74, 6) is 0. The summed E-state index contributed by atoms with van der Waals surface area (Å²) >= 11 is 0. The number of aryl methyl sites for hydroxylation is 1. The van der Waals surface area contributed by atoms with Gasteiger partial charge in [-0.25, -0.2) is 4.98 Å². The van der Waals surface area contributed by atoms with Gasteiger partial charge < -0.3 is 14.4 Å². The van der Waals surface area contributed by atoms with Gasteiger partial charge >= 0.3 is 0 Å². The molecule has 1 rings (SSSR count). The molecule has 5 heteroatoms. The minimum atomic E-state index is -0.437. The largest absolute Gasteiger partial charge is 0.389 e. The van der Waals surface area contributed by atoms with Crippen LogP contribution in [0.3, 0.4) is 0 Å². The van der Waals surface area contributed by atoms with Crippen molar-refractivity contribution in [1.29, 1.82) is 0 Å². The van der Waals surface area contributed by atoms with Crippen molar-refractivity contribution in [3.8, 4) is 0 Å². The van der Waals surface area contributed by atoms with Crippen LogP contribution in [-0.2, 0) is 18.3 Å². The molecule has 5 nitrogen and oxygen atoms in total. The smallest absolute Gasteiger partial charge is 0.0945 e. The number of aromatic nitrogens is 2. The fourth-order valence-corrected chi connectivity index (χ4v) is 1.48. The van der Waals surface area contributed by atoms with E-state index in [2.05, 4.69) is 4.98 Å². The van der Waals surface area contributed by atoms with Crippen LogP contribution in [0.1, 0.15) is 5.69 Å². The third-order valence-corrected chi connectivity index (χ3v) is 2.23. The van der Waals surface area contributed by atoms with Gasteiger partial charge in [-0.3, -0.25) is 4.90 Å². The number of rotatable bonds is 6. The monoisotopic (exact) mass is 213 g/mol. The zero-order chi connectivity index (χ0) is 11.3. The number of nitrogens with zero attached hydrogens (tertiary/aromatic N) is 3. The molecule has 0 amide bonds. The van der Waals surface area contributed by atoms with E-state index in [0.717, 1.165) is 12.2 Å². The molecular weight excluding hydrogens is 194 g/mol. The van der Waals surface area contributed by atoms with Crippen LogP contribution in [0.15, 0.2) is 12.5 Å². The fraction of sp³-hybridized carbons (Fsp3) is 0.700. The zero-order valence-corrected chi connectivity index (χ0v) is 9.55. The quantitative estimate of drug-likeness (QED) is 0.714. The summed E-state index contributed by atoms with van der Waals surface area (Å²) in [5, 5.41) is 9.53. The Morgan fingerprint density at radius 2 is 2.40 bits per heavy atom. The van der Waals surface area contributed by atoms with E-state index in [9.17, 15) is 5.11 Å². The molecule has 1 atom stereocenters. The van der Waals surface area contributed by atoms with Crippen molar-refractivity contribution in [2.24, 2.45) is 7.05 Å². The molecule has 1 N–H and O–H groups in total. The lowest BCUT2D eigenvalue weighted by molar-refractivity contribution is 0.0415. The average molecular weight is 213 g/mol.